The van der Waals surface area contributed by atoms with Crippen molar-refractivity contribution in [2.24, 2.45) is 0 Å². The van der Waals surface area contributed by atoms with Crippen molar-refractivity contribution < 1.29 is 42.1 Å². The van der Waals surface area contributed by atoms with E-state index < -0.39 is 26.5 Å². The number of phosphoric ester groups is 1. The summed E-state index contributed by atoms with van der Waals surface area (Å²) in [5.74, 6) is -0.865. The van der Waals surface area contributed by atoms with Gasteiger partial charge in [0.1, 0.15) is 19.8 Å². The lowest BCUT2D eigenvalue weighted by molar-refractivity contribution is -0.870. The lowest BCUT2D eigenvalue weighted by Crippen LogP contribution is -2.37. The smallest absolute Gasteiger partial charge is 0.462 e. The summed E-state index contributed by atoms with van der Waals surface area (Å²) in [5.41, 5.74) is 0. The molecular weight excluding hydrogens is 750 g/mol. The number of ether oxygens (including phenoxy) is 2. The van der Waals surface area contributed by atoms with Gasteiger partial charge in [0.25, 0.3) is 0 Å². The third kappa shape index (κ3) is 43.3. The lowest BCUT2D eigenvalue weighted by Gasteiger charge is -2.24. The maximum absolute atomic E-state index is 12.7. The molecule has 0 fully saturated rings. The SMILES string of the molecule is CC/C=C\C/C=C\C/C=C\C/C=C\C/C=C\CCCC(=O)O[C@H](COC(=O)CCCCCCCCCCCCCCCCCCC)COP(=O)(O)OCC[N+](C)(C)C. The Bertz CT molecular complexity index is 1170. The predicted octanol–water partition coefficient (Wildman–Crippen LogP) is 13.2. The van der Waals surface area contributed by atoms with Gasteiger partial charge in [-0.15, -0.1) is 0 Å². The van der Waals surface area contributed by atoms with Crippen LogP contribution in [0.2, 0.25) is 0 Å². The van der Waals surface area contributed by atoms with Crippen LogP contribution in [0, 0.1) is 0 Å². The van der Waals surface area contributed by atoms with Crippen LogP contribution in [0.1, 0.15) is 181 Å². The van der Waals surface area contributed by atoms with Crippen LogP contribution >= 0.6 is 7.82 Å². The topological polar surface area (TPSA) is 108 Å². The summed E-state index contributed by atoms with van der Waals surface area (Å²) in [6.07, 6.45) is 48.5. The van der Waals surface area contributed by atoms with E-state index in [0.717, 1.165) is 51.4 Å². The van der Waals surface area contributed by atoms with Crippen molar-refractivity contribution in [3.63, 3.8) is 0 Å². The van der Waals surface area contributed by atoms with Crippen LogP contribution < -0.4 is 0 Å². The van der Waals surface area contributed by atoms with E-state index in [9.17, 15) is 19.0 Å². The molecule has 0 saturated carbocycles. The third-order valence-corrected chi connectivity index (χ3v) is 10.5. The molecule has 0 amide bonds. The molecule has 0 saturated heterocycles. The average Bonchev–Trinajstić information content (AvgIpc) is 3.17. The van der Waals surface area contributed by atoms with Crippen LogP contribution in [0.4, 0.5) is 0 Å². The average molecular weight is 837 g/mol. The molecule has 10 heteroatoms. The van der Waals surface area contributed by atoms with E-state index in [1.54, 1.807) is 0 Å². The highest BCUT2D eigenvalue weighted by molar-refractivity contribution is 7.47. The number of rotatable bonds is 41. The zero-order valence-corrected chi connectivity index (χ0v) is 38.7. The number of esters is 2. The summed E-state index contributed by atoms with van der Waals surface area (Å²) < 4.78 is 34.3. The first kappa shape index (κ1) is 55.7. The normalized spacial score (nSPS) is 14.1. The summed E-state index contributed by atoms with van der Waals surface area (Å²) in [5, 5.41) is 0. The first-order chi connectivity index (χ1) is 28.0. The Morgan fingerprint density at radius 2 is 0.983 bits per heavy atom. The number of nitrogens with zero attached hydrogens (tertiary/aromatic N) is 1. The summed E-state index contributed by atoms with van der Waals surface area (Å²) in [4.78, 5) is 35.4. The van der Waals surface area contributed by atoms with Gasteiger partial charge in [-0.05, 0) is 51.4 Å². The minimum atomic E-state index is -4.39. The Balaban J connectivity index is 4.41. The molecule has 58 heavy (non-hydrogen) atoms. The highest BCUT2D eigenvalue weighted by Gasteiger charge is 2.27. The molecule has 0 spiro atoms. The van der Waals surface area contributed by atoms with Gasteiger partial charge in [0.05, 0.1) is 27.7 Å². The second-order valence-corrected chi connectivity index (χ2v) is 17.9. The second kappa shape index (κ2) is 40.1. The van der Waals surface area contributed by atoms with Crippen LogP contribution in [0.3, 0.4) is 0 Å². The summed E-state index contributed by atoms with van der Waals surface area (Å²) in [7, 11) is 1.44. The number of hydrogen-bond acceptors (Lipinski definition) is 7. The van der Waals surface area contributed by atoms with Gasteiger partial charge in [-0.1, -0.05) is 177 Å². The fourth-order valence-corrected chi connectivity index (χ4v) is 6.73. The van der Waals surface area contributed by atoms with Crippen LogP contribution in [0.5, 0.6) is 0 Å². The van der Waals surface area contributed by atoms with E-state index in [0.29, 0.717) is 23.9 Å². The Morgan fingerprint density at radius 1 is 0.552 bits per heavy atom. The maximum Gasteiger partial charge on any atom is 0.472 e. The zero-order chi connectivity index (χ0) is 42.8. The zero-order valence-electron chi connectivity index (χ0n) is 37.8. The molecule has 0 aromatic carbocycles. The van der Waals surface area contributed by atoms with Gasteiger partial charge >= 0.3 is 19.8 Å². The summed E-state index contributed by atoms with van der Waals surface area (Å²) >= 11 is 0. The van der Waals surface area contributed by atoms with Crippen molar-refractivity contribution in [3.8, 4) is 0 Å². The fraction of sp³-hybridized carbons (Fsp3) is 0.750. The fourth-order valence-electron chi connectivity index (χ4n) is 5.99. The van der Waals surface area contributed by atoms with Crippen molar-refractivity contribution in [1.82, 2.24) is 0 Å². The van der Waals surface area contributed by atoms with E-state index in [-0.39, 0.29) is 32.0 Å². The van der Waals surface area contributed by atoms with Gasteiger partial charge in [-0.3, -0.25) is 18.6 Å². The molecular formula is C48H87NO8P+. The van der Waals surface area contributed by atoms with Crippen molar-refractivity contribution >= 4 is 19.8 Å². The summed E-state index contributed by atoms with van der Waals surface area (Å²) in [6.45, 7) is 4.25. The molecule has 1 N–H and O–H groups in total. The standard InChI is InChI=1S/C48H86NO8P/c1-6-8-10-12-14-16-18-20-22-24-26-28-30-32-34-36-38-40-47(50)54-44-46(45-56-58(52,53)55-43-42-49(3,4)5)57-48(51)41-39-37-35-33-31-29-27-25-23-21-19-17-15-13-11-9-7-2/h9,11,15,17,21,23,27,29,33,35,46H,6-8,10,12-14,16,18-20,22,24-26,28,30-32,34,36-45H2,1-5H3/p+1/b11-9-,17-15-,23-21-,29-27-,35-33-/t46-/m1/s1. The number of carbonyl (C=O) groups excluding carboxylic acids is 2. The highest BCUT2D eigenvalue weighted by Crippen LogP contribution is 2.43. The molecule has 0 aromatic heterocycles. The molecule has 0 heterocycles. The Hall–Kier alpha value is -2.29. The maximum atomic E-state index is 12.7. The van der Waals surface area contributed by atoms with Gasteiger partial charge in [-0.2, -0.15) is 0 Å². The van der Waals surface area contributed by atoms with E-state index in [1.807, 2.05) is 27.2 Å². The molecule has 0 aliphatic carbocycles. The van der Waals surface area contributed by atoms with Crippen LogP contribution in [0.15, 0.2) is 60.8 Å². The highest BCUT2D eigenvalue weighted by atomic mass is 31.2. The first-order valence-electron chi connectivity index (χ1n) is 23.0. The van der Waals surface area contributed by atoms with Crippen LogP contribution in [-0.4, -0.2) is 74.9 Å². The Morgan fingerprint density at radius 3 is 1.45 bits per heavy atom. The first-order valence-corrected chi connectivity index (χ1v) is 24.5. The van der Waals surface area contributed by atoms with Gasteiger partial charge in [0.15, 0.2) is 6.10 Å². The molecule has 0 rings (SSSR count). The van der Waals surface area contributed by atoms with Crippen molar-refractivity contribution in [3.05, 3.63) is 60.8 Å². The monoisotopic (exact) mass is 837 g/mol. The largest absolute Gasteiger partial charge is 0.472 e. The number of unbranched alkanes of at least 4 members (excludes halogenated alkanes) is 17. The van der Waals surface area contributed by atoms with Gasteiger partial charge < -0.3 is 18.9 Å². The molecule has 0 aliphatic heterocycles. The molecule has 9 nitrogen and oxygen atoms in total. The molecule has 0 aliphatic rings. The number of quaternary nitrogens is 1. The molecule has 336 valence electrons. The third-order valence-electron chi connectivity index (χ3n) is 9.56. The van der Waals surface area contributed by atoms with E-state index in [2.05, 4.69) is 68.5 Å². The van der Waals surface area contributed by atoms with Crippen molar-refractivity contribution in [2.75, 3.05) is 47.5 Å². The molecule has 2 atom stereocenters. The number of carbonyl (C=O) groups is 2. The summed E-state index contributed by atoms with van der Waals surface area (Å²) in [6, 6.07) is 0. The van der Waals surface area contributed by atoms with Crippen LogP contribution in [0.25, 0.3) is 0 Å². The lowest BCUT2D eigenvalue weighted by atomic mass is 10.0. The second-order valence-electron chi connectivity index (χ2n) is 16.4. The number of hydrogen-bond donors (Lipinski definition) is 1. The molecule has 0 aromatic rings. The van der Waals surface area contributed by atoms with Gasteiger partial charge in [0.2, 0.25) is 0 Å². The number of likely N-dealkylation sites (N-methyl/N-ethyl adjacent to an activating group) is 1. The van der Waals surface area contributed by atoms with Crippen LogP contribution in [-0.2, 0) is 32.7 Å². The minimum absolute atomic E-state index is 0.0197. The molecule has 0 bridgehead atoms. The molecule has 0 radical (unpaired) electrons. The molecule has 1 unspecified atom stereocenters. The van der Waals surface area contributed by atoms with Crippen molar-refractivity contribution in [1.29, 1.82) is 0 Å². The number of phosphoric acid groups is 1. The van der Waals surface area contributed by atoms with E-state index in [4.69, 9.17) is 18.5 Å². The Labute approximate surface area is 356 Å². The van der Waals surface area contributed by atoms with Gasteiger partial charge in [-0.25, -0.2) is 4.57 Å². The van der Waals surface area contributed by atoms with E-state index >= 15 is 0 Å². The Kier molecular flexibility index (Phi) is 38.5. The number of allylic oxidation sites excluding steroid dienone is 10. The van der Waals surface area contributed by atoms with Crippen molar-refractivity contribution in [2.45, 2.75) is 187 Å². The van der Waals surface area contributed by atoms with E-state index in [1.165, 1.54) is 89.9 Å². The minimum Gasteiger partial charge on any atom is -0.462 e. The quantitative estimate of drug-likeness (QED) is 0.0213. The van der Waals surface area contributed by atoms with Gasteiger partial charge in [0, 0.05) is 12.8 Å². The predicted molar refractivity (Wildman–Crippen MR) is 243 cm³/mol.